The molecule has 24 heavy (non-hydrogen) atoms. The molecule has 0 unspecified atom stereocenters. The minimum Gasteiger partial charge on any atom is -0.326 e. The van der Waals surface area contributed by atoms with Crippen molar-refractivity contribution in [2.45, 2.75) is 6.92 Å². The van der Waals surface area contributed by atoms with Gasteiger partial charge in [0, 0.05) is 30.1 Å². The molecule has 0 saturated heterocycles. The van der Waals surface area contributed by atoms with Crippen molar-refractivity contribution in [2.24, 2.45) is 0 Å². The number of nitro benzene ring substituents is 1. The molecule has 124 valence electrons. The van der Waals surface area contributed by atoms with Crippen molar-refractivity contribution < 1.29 is 14.5 Å². The van der Waals surface area contributed by atoms with Gasteiger partial charge < -0.3 is 16.0 Å². The van der Waals surface area contributed by atoms with Gasteiger partial charge in [0.1, 0.15) is 5.02 Å². The van der Waals surface area contributed by atoms with E-state index in [-0.39, 0.29) is 22.3 Å². The first-order valence-corrected chi connectivity index (χ1v) is 7.12. The number of urea groups is 1. The average molecular weight is 349 g/mol. The second kappa shape index (κ2) is 7.42. The number of benzene rings is 2. The summed E-state index contributed by atoms with van der Waals surface area (Å²) in [4.78, 5) is 33.2. The summed E-state index contributed by atoms with van der Waals surface area (Å²) in [5.41, 5.74) is 0.897. The van der Waals surface area contributed by atoms with E-state index >= 15 is 0 Å². The fraction of sp³-hybridized carbons (Fsp3) is 0.0667. The molecule has 0 spiro atoms. The fourth-order valence-corrected chi connectivity index (χ4v) is 2.09. The van der Waals surface area contributed by atoms with Crippen molar-refractivity contribution in [2.75, 3.05) is 16.0 Å². The second-order valence-corrected chi connectivity index (χ2v) is 5.17. The van der Waals surface area contributed by atoms with Gasteiger partial charge in [-0.1, -0.05) is 17.7 Å². The monoisotopic (exact) mass is 348 g/mol. The number of carbonyl (C=O) groups is 2. The SMILES string of the molecule is CC(=O)Nc1cccc(NC(=O)Nc2ccc(Cl)c([N+](=O)[O-])c2)c1. The van der Waals surface area contributed by atoms with Gasteiger partial charge in [-0.15, -0.1) is 0 Å². The summed E-state index contributed by atoms with van der Waals surface area (Å²) in [7, 11) is 0. The lowest BCUT2D eigenvalue weighted by Crippen LogP contribution is -2.19. The lowest BCUT2D eigenvalue weighted by Gasteiger charge is -2.09. The molecular weight excluding hydrogens is 336 g/mol. The molecule has 3 amide bonds. The summed E-state index contributed by atoms with van der Waals surface area (Å²) in [5.74, 6) is -0.231. The van der Waals surface area contributed by atoms with Crippen LogP contribution in [0.2, 0.25) is 5.02 Å². The zero-order valence-corrected chi connectivity index (χ0v) is 13.3. The van der Waals surface area contributed by atoms with Gasteiger partial charge in [-0.25, -0.2) is 4.79 Å². The predicted molar refractivity (Wildman–Crippen MR) is 91.5 cm³/mol. The topological polar surface area (TPSA) is 113 Å². The summed E-state index contributed by atoms with van der Waals surface area (Å²) in [5, 5.41) is 18.4. The third-order valence-corrected chi connectivity index (χ3v) is 3.16. The van der Waals surface area contributed by atoms with Gasteiger partial charge in [-0.3, -0.25) is 14.9 Å². The molecule has 0 bridgehead atoms. The van der Waals surface area contributed by atoms with Gasteiger partial charge in [0.15, 0.2) is 0 Å². The number of halogens is 1. The molecule has 0 heterocycles. The number of nitrogens with one attached hydrogen (secondary N) is 3. The molecule has 3 N–H and O–H groups in total. The molecule has 0 aliphatic rings. The maximum Gasteiger partial charge on any atom is 0.323 e. The summed E-state index contributed by atoms with van der Waals surface area (Å²) >= 11 is 5.71. The summed E-state index contributed by atoms with van der Waals surface area (Å²) < 4.78 is 0. The van der Waals surface area contributed by atoms with Crippen LogP contribution in [-0.4, -0.2) is 16.9 Å². The highest BCUT2D eigenvalue weighted by Gasteiger charge is 2.14. The minimum absolute atomic E-state index is 0.0195. The van der Waals surface area contributed by atoms with Gasteiger partial charge in [-0.2, -0.15) is 0 Å². The van der Waals surface area contributed by atoms with E-state index in [2.05, 4.69) is 16.0 Å². The van der Waals surface area contributed by atoms with Gasteiger partial charge in [0.05, 0.1) is 4.92 Å². The summed E-state index contributed by atoms with van der Waals surface area (Å²) in [6, 6.07) is 9.89. The van der Waals surface area contributed by atoms with E-state index in [4.69, 9.17) is 11.6 Å². The molecule has 2 aromatic carbocycles. The summed E-state index contributed by atoms with van der Waals surface area (Å²) in [6.07, 6.45) is 0. The molecule has 2 aromatic rings. The Kier molecular flexibility index (Phi) is 5.33. The molecule has 0 saturated carbocycles. The van der Waals surface area contributed by atoms with Gasteiger partial charge >= 0.3 is 6.03 Å². The Bertz CT molecular complexity index is 810. The molecule has 0 aliphatic heterocycles. The predicted octanol–water partition coefficient (Wildman–Crippen LogP) is 3.85. The van der Waals surface area contributed by atoms with Crippen LogP contribution in [0, 0.1) is 10.1 Å². The normalized spacial score (nSPS) is 9.92. The van der Waals surface area contributed by atoms with Gasteiger partial charge in [-0.05, 0) is 30.3 Å². The Morgan fingerprint density at radius 3 is 2.17 bits per heavy atom. The third kappa shape index (κ3) is 4.68. The number of amides is 3. The Morgan fingerprint density at radius 1 is 1.00 bits per heavy atom. The lowest BCUT2D eigenvalue weighted by molar-refractivity contribution is -0.384. The Balaban J connectivity index is 2.07. The van der Waals surface area contributed by atoms with Crippen molar-refractivity contribution >= 4 is 46.3 Å². The van der Waals surface area contributed by atoms with Crippen LogP contribution in [0.15, 0.2) is 42.5 Å². The van der Waals surface area contributed by atoms with Crippen LogP contribution in [0.3, 0.4) is 0 Å². The van der Waals surface area contributed by atoms with Gasteiger partial charge in [0.25, 0.3) is 5.69 Å². The van der Waals surface area contributed by atoms with Crippen molar-refractivity contribution in [1.82, 2.24) is 0 Å². The highest BCUT2D eigenvalue weighted by atomic mass is 35.5. The third-order valence-electron chi connectivity index (χ3n) is 2.84. The number of nitrogens with zero attached hydrogens (tertiary/aromatic N) is 1. The molecule has 9 heteroatoms. The second-order valence-electron chi connectivity index (χ2n) is 4.76. The van der Waals surface area contributed by atoms with E-state index in [0.29, 0.717) is 11.4 Å². The first-order chi connectivity index (χ1) is 11.3. The number of nitro groups is 1. The van der Waals surface area contributed by atoms with Crippen LogP contribution in [0.25, 0.3) is 0 Å². The van der Waals surface area contributed by atoms with E-state index in [9.17, 15) is 19.7 Å². The van der Waals surface area contributed by atoms with Crippen LogP contribution in [-0.2, 0) is 4.79 Å². The number of rotatable bonds is 4. The maximum atomic E-state index is 12.0. The van der Waals surface area contributed by atoms with Crippen LogP contribution >= 0.6 is 11.6 Å². The van der Waals surface area contributed by atoms with E-state index < -0.39 is 11.0 Å². The summed E-state index contributed by atoms with van der Waals surface area (Å²) in [6.45, 7) is 1.38. The van der Waals surface area contributed by atoms with E-state index in [1.165, 1.54) is 19.1 Å². The maximum absolute atomic E-state index is 12.0. The minimum atomic E-state index is -0.637. The zero-order chi connectivity index (χ0) is 17.7. The molecule has 0 aromatic heterocycles. The first-order valence-electron chi connectivity index (χ1n) is 6.75. The average Bonchev–Trinajstić information content (AvgIpc) is 2.48. The smallest absolute Gasteiger partial charge is 0.323 e. The molecular formula is C15H13ClN4O4. The number of anilines is 3. The lowest BCUT2D eigenvalue weighted by atomic mass is 10.2. The van der Waals surface area contributed by atoms with Crippen LogP contribution in [0.1, 0.15) is 6.92 Å². The van der Waals surface area contributed by atoms with Crippen molar-refractivity contribution in [3.63, 3.8) is 0 Å². The largest absolute Gasteiger partial charge is 0.326 e. The van der Waals surface area contributed by atoms with Crippen molar-refractivity contribution in [3.8, 4) is 0 Å². The Labute approximate surface area is 142 Å². The number of carbonyl (C=O) groups excluding carboxylic acids is 2. The van der Waals surface area contributed by atoms with Crippen LogP contribution in [0.4, 0.5) is 27.5 Å². The number of hydrogen-bond acceptors (Lipinski definition) is 4. The highest BCUT2D eigenvalue weighted by Crippen LogP contribution is 2.27. The molecule has 0 atom stereocenters. The first kappa shape index (κ1) is 17.2. The van der Waals surface area contributed by atoms with E-state index in [0.717, 1.165) is 6.07 Å². The molecule has 2 rings (SSSR count). The van der Waals surface area contributed by atoms with E-state index in [1.807, 2.05) is 0 Å². The molecule has 8 nitrogen and oxygen atoms in total. The fourth-order valence-electron chi connectivity index (χ4n) is 1.90. The Hall–Kier alpha value is -3.13. The van der Waals surface area contributed by atoms with E-state index in [1.54, 1.807) is 24.3 Å². The quantitative estimate of drug-likeness (QED) is 0.575. The molecule has 0 radical (unpaired) electrons. The van der Waals surface area contributed by atoms with Crippen LogP contribution in [0.5, 0.6) is 0 Å². The molecule has 0 aliphatic carbocycles. The highest BCUT2D eigenvalue weighted by molar-refractivity contribution is 6.32. The van der Waals surface area contributed by atoms with Crippen molar-refractivity contribution in [1.29, 1.82) is 0 Å². The number of hydrogen-bond donors (Lipinski definition) is 3. The Morgan fingerprint density at radius 2 is 1.58 bits per heavy atom. The standard InChI is InChI=1S/C15H13ClN4O4/c1-9(21)17-10-3-2-4-11(7-10)18-15(22)19-12-5-6-13(16)14(8-12)20(23)24/h2-8H,1H3,(H,17,21)(H2,18,19,22). The molecule has 0 fully saturated rings. The van der Waals surface area contributed by atoms with Crippen molar-refractivity contribution in [3.05, 3.63) is 57.6 Å². The van der Waals surface area contributed by atoms with Gasteiger partial charge in [0.2, 0.25) is 5.91 Å². The van der Waals surface area contributed by atoms with Crippen LogP contribution < -0.4 is 16.0 Å². The zero-order valence-electron chi connectivity index (χ0n) is 12.5.